The highest BCUT2D eigenvalue weighted by atomic mass is 19.2. The van der Waals surface area contributed by atoms with Crippen LogP contribution in [0.2, 0.25) is 0 Å². The smallest absolute Gasteiger partial charge is 0.329 e. The number of halogens is 3. The van der Waals surface area contributed by atoms with E-state index >= 15 is 0 Å². The fourth-order valence-corrected chi connectivity index (χ4v) is 10.8. The molecule has 20 heteroatoms. The predicted molar refractivity (Wildman–Crippen MR) is 234 cm³/mol. The van der Waals surface area contributed by atoms with E-state index < -0.39 is 46.6 Å². The van der Waals surface area contributed by atoms with Gasteiger partial charge in [0.1, 0.15) is 17.6 Å². The lowest BCUT2D eigenvalue weighted by atomic mass is 9.53. The molecule has 5 aromatic rings. The van der Waals surface area contributed by atoms with Crippen LogP contribution in [0.1, 0.15) is 98.4 Å². The molecule has 6 fully saturated rings. The Kier molecular flexibility index (Phi) is 11.3. The van der Waals surface area contributed by atoms with E-state index in [0.29, 0.717) is 41.4 Å². The molecule has 3 amide bonds. The van der Waals surface area contributed by atoms with Gasteiger partial charge in [0.15, 0.2) is 23.2 Å². The van der Waals surface area contributed by atoms with Crippen LogP contribution in [-0.4, -0.2) is 109 Å². The lowest BCUT2D eigenvalue weighted by Gasteiger charge is -2.52. The van der Waals surface area contributed by atoms with Crippen molar-refractivity contribution in [3.8, 4) is 17.3 Å². The first-order chi connectivity index (χ1) is 31.8. The van der Waals surface area contributed by atoms with E-state index in [1.807, 2.05) is 24.3 Å². The van der Waals surface area contributed by atoms with Gasteiger partial charge in [0.25, 0.3) is 11.8 Å². The van der Waals surface area contributed by atoms with Crippen LogP contribution in [-0.2, 0) is 28.5 Å². The molecule has 2 aromatic carbocycles. The fraction of sp³-hybridized carbons (Fsp3) is 0.522. The minimum Gasteiger partial charge on any atom is -0.503 e. The van der Waals surface area contributed by atoms with Crippen molar-refractivity contribution in [3.63, 3.8) is 0 Å². The minimum absolute atomic E-state index is 0.195. The molecule has 2 bridgehead atoms. The normalized spacial score (nSPS) is 23.5. The van der Waals surface area contributed by atoms with Crippen molar-refractivity contribution >= 4 is 40.5 Å². The Balaban J connectivity index is 0.766. The summed E-state index contributed by atoms with van der Waals surface area (Å²) in [5.41, 5.74) is 1.45. The predicted octanol–water partition coefficient (Wildman–Crippen LogP) is 4.66. The van der Waals surface area contributed by atoms with E-state index in [9.17, 15) is 37.5 Å². The Morgan fingerprint density at radius 1 is 0.894 bits per heavy atom. The summed E-state index contributed by atoms with van der Waals surface area (Å²) in [4.78, 5) is 72.3. The monoisotopic (exact) mass is 911 g/mol. The maximum absolute atomic E-state index is 14.4. The van der Waals surface area contributed by atoms with Gasteiger partial charge in [0.2, 0.25) is 23.6 Å². The van der Waals surface area contributed by atoms with Gasteiger partial charge in [-0.1, -0.05) is 11.2 Å². The summed E-state index contributed by atoms with van der Waals surface area (Å²) in [6, 6.07) is 7.66. The minimum atomic E-state index is -1.79. The number of aryl methyl sites for hydroxylation is 2. The van der Waals surface area contributed by atoms with Crippen molar-refractivity contribution in [2.75, 3.05) is 62.2 Å². The van der Waals surface area contributed by atoms with Crippen molar-refractivity contribution in [1.82, 2.24) is 44.8 Å². The molecule has 17 nitrogen and oxygen atoms in total. The Morgan fingerprint density at radius 2 is 1.64 bits per heavy atom. The van der Waals surface area contributed by atoms with Crippen LogP contribution in [0.5, 0.6) is 5.75 Å². The van der Waals surface area contributed by atoms with E-state index in [-0.39, 0.29) is 35.4 Å². The first kappa shape index (κ1) is 43.6. The molecule has 3 saturated carbocycles. The Hall–Kier alpha value is -6.31. The Morgan fingerprint density at radius 3 is 2.36 bits per heavy atom. The molecule has 3 N–H and O–H groups in total. The number of phenolic OH excluding ortho intramolecular Hbond substituents is 1. The van der Waals surface area contributed by atoms with Gasteiger partial charge >= 0.3 is 5.69 Å². The number of piperidine rings is 1. The summed E-state index contributed by atoms with van der Waals surface area (Å²) >= 11 is 0. The van der Waals surface area contributed by atoms with Gasteiger partial charge in [-0.2, -0.15) is 14.4 Å². The molecule has 6 aliphatic rings. The SMILES string of the molecule is Cn1c(=O)n(C2CCC(=O)NC2=O)c2ccc(CCCN3CCN(c4nc(-c5nc([C@]67CC[C@](CNC(=O)c8cc(F)c(O)c(F)c8F)(CC6)CC7)no5)cc(N5CCCC5)n4)CC3)cc21. The van der Waals surface area contributed by atoms with Gasteiger partial charge in [0, 0.05) is 70.8 Å². The largest absolute Gasteiger partial charge is 0.503 e. The number of aromatic hydroxyl groups is 1. The fourth-order valence-electron chi connectivity index (χ4n) is 10.8. The molecular weight excluding hydrogens is 860 g/mol. The zero-order valence-electron chi connectivity index (χ0n) is 36.8. The highest BCUT2D eigenvalue weighted by molar-refractivity contribution is 6.00. The number of hydrogen-bond acceptors (Lipinski definition) is 13. The molecule has 3 aliphatic heterocycles. The molecule has 1 atom stereocenters. The standard InChI is InChI=1S/C46H52F3N11O6/c1-56-33-23-27(6-7-31(33)60(44(56)65)32-8-9-35(61)53-40(32)64)5-4-16-57-19-21-59(22-20-57)43-51-30(25-34(52-43)58-17-2-3-18-58)41-54-42(55-66-41)46-13-10-45(11-14-46,12-15-46)26-50-39(63)28-24-29(47)38(62)37(49)36(28)48/h6-7,23-25,32,62H,2-5,8-22,26H2,1H3,(H,50,63)(H,53,61,64)/t32?,45-,46+. The second-order valence-electron chi connectivity index (χ2n) is 18.8. The molecule has 66 heavy (non-hydrogen) atoms. The van der Waals surface area contributed by atoms with Crippen LogP contribution in [0.25, 0.3) is 22.6 Å². The van der Waals surface area contributed by atoms with Gasteiger partial charge in [-0.3, -0.25) is 33.7 Å². The first-order valence-electron chi connectivity index (χ1n) is 22.9. The topological polar surface area (TPSA) is 197 Å². The van der Waals surface area contributed by atoms with Gasteiger partial charge in [-0.15, -0.1) is 0 Å². The van der Waals surface area contributed by atoms with E-state index in [2.05, 4.69) is 30.5 Å². The molecular formula is C46H52F3N11O6. The molecule has 348 valence electrons. The summed E-state index contributed by atoms with van der Waals surface area (Å²) in [6.07, 6.45) is 8.84. The van der Waals surface area contributed by atoms with E-state index in [0.717, 1.165) is 127 Å². The van der Waals surface area contributed by atoms with Gasteiger partial charge in [-0.05, 0) is 106 Å². The molecule has 3 saturated heterocycles. The lowest BCUT2D eigenvalue weighted by Crippen LogP contribution is -2.49. The summed E-state index contributed by atoms with van der Waals surface area (Å²) < 4.78 is 51.3. The molecule has 1 unspecified atom stereocenters. The van der Waals surface area contributed by atoms with Crippen LogP contribution in [0.15, 0.2) is 39.6 Å². The van der Waals surface area contributed by atoms with Gasteiger partial charge < -0.3 is 24.7 Å². The first-order valence-corrected chi connectivity index (χ1v) is 22.9. The average Bonchev–Trinajstić information content (AvgIpc) is 4.12. The molecule has 3 aromatic heterocycles. The summed E-state index contributed by atoms with van der Waals surface area (Å²) in [7, 11) is 1.71. The number of aromatic nitrogens is 6. The Labute approximate surface area is 377 Å². The number of piperazine rings is 1. The highest BCUT2D eigenvalue weighted by Gasteiger charge is 2.52. The van der Waals surface area contributed by atoms with Crippen molar-refractivity contribution in [3.05, 3.63) is 75.2 Å². The zero-order valence-corrected chi connectivity index (χ0v) is 36.8. The van der Waals surface area contributed by atoms with Crippen LogP contribution < -0.4 is 26.1 Å². The Bertz CT molecular complexity index is 2770. The molecule has 11 rings (SSSR count). The molecule has 0 spiro atoms. The number of imidazole rings is 1. The second kappa shape index (κ2) is 17.2. The van der Waals surface area contributed by atoms with Crippen LogP contribution in [0.4, 0.5) is 24.9 Å². The quantitative estimate of drug-likeness (QED) is 0.116. The van der Waals surface area contributed by atoms with Crippen molar-refractivity contribution in [2.45, 2.75) is 88.5 Å². The number of fused-ring (bicyclic) bond motifs is 4. The number of imide groups is 1. The summed E-state index contributed by atoms with van der Waals surface area (Å²) in [5, 5.41) is 18.9. The van der Waals surface area contributed by atoms with Crippen molar-refractivity contribution < 1.29 is 37.2 Å². The third kappa shape index (κ3) is 7.95. The third-order valence-corrected chi connectivity index (χ3v) is 14.9. The van der Waals surface area contributed by atoms with Crippen LogP contribution in [0, 0.1) is 22.9 Å². The summed E-state index contributed by atoms with van der Waals surface area (Å²) in [5.74, 6) is -5.55. The molecule has 6 heterocycles. The third-order valence-electron chi connectivity index (χ3n) is 14.9. The maximum Gasteiger partial charge on any atom is 0.329 e. The van der Waals surface area contributed by atoms with E-state index in [4.69, 9.17) is 19.5 Å². The zero-order chi connectivity index (χ0) is 45.9. The second-order valence-corrected chi connectivity index (χ2v) is 18.8. The number of carbonyl (C=O) groups is 3. The number of amides is 3. The lowest BCUT2D eigenvalue weighted by molar-refractivity contribution is -0.135. The number of nitrogens with one attached hydrogen (secondary N) is 2. The summed E-state index contributed by atoms with van der Waals surface area (Å²) in [6.45, 7) is 6.05. The van der Waals surface area contributed by atoms with Gasteiger partial charge in [-0.25, -0.2) is 18.6 Å². The van der Waals surface area contributed by atoms with E-state index in [1.54, 1.807) is 11.6 Å². The van der Waals surface area contributed by atoms with Crippen LogP contribution >= 0.6 is 0 Å². The van der Waals surface area contributed by atoms with Crippen molar-refractivity contribution in [1.29, 1.82) is 0 Å². The average molecular weight is 912 g/mol. The van der Waals surface area contributed by atoms with E-state index in [1.165, 1.54) is 4.57 Å². The number of carbonyl (C=O) groups excluding carboxylic acids is 3. The number of benzene rings is 2. The number of nitrogens with zero attached hydrogens (tertiary/aromatic N) is 9. The molecule has 0 radical (unpaired) electrons. The number of anilines is 2. The number of rotatable bonds is 12. The van der Waals surface area contributed by atoms with Gasteiger partial charge in [0.05, 0.1) is 16.6 Å². The number of phenols is 1. The van der Waals surface area contributed by atoms with Crippen LogP contribution in [0.3, 0.4) is 0 Å². The van der Waals surface area contributed by atoms with Crippen molar-refractivity contribution in [2.24, 2.45) is 12.5 Å². The molecule has 3 aliphatic carbocycles. The number of hydrogen-bond donors (Lipinski definition) is 3. The highest BCUT2D eigenvalue weighted by Crippen LogP contribution is 2.57. The maximum atomic E-state index is 14.4.